The number of nitrogens with zero attached hydrogens (tertiary/aromatic N) is 1. The standard InChI is InChI=1S/C15H15N3O3/c1-17-14(19)9(7-16)6-10-8-18-12-5-3-4-11(13(10)12)15(20)21-2/h3-5,8-9,18H,6H2,1-2H3,(H,17,19). The molecule has 0 spiro atoms. The lowest BCUT2D eigenvalue weighted by atomic mass is 9.97. The average Bonchev–Trinajstić information content (AvgIpc) is 2.94. The molecule has 0 aliphatic rings. The lowest BCUT2D eigenvalue weighted by molar-refractivity contribution is -0.122. The van der Waals surface area contributed by atoms with E-state index >= 15 is 0 Å². The summed E-state index contributed by atoms with van der Waals surface area (Å²) in [6, 6.07) is 7.21. The second-order valence-corrected chi connectivity index (χ2v) is 4.53. The fourth-order valence-electron chi connectivity index (χ4n) is 2.29. The van der Waals surface area contributed by atoms with Crippen LogP contribution < -0.4 is 5.32 Å². The van der Waals surface area contributed by atoms with Gasteiger partial charge in [-0.2, -0.15) is 5.26 Å². The first kappa shape index (κ1) is 14.6. The summed E-state index contributed by atoms with van der Waals surface area (Å²) >= 11 is 0. The summed E-state index contributed by atoms with van der Waals surface area (Å²) in [5.74, 6) is -1.60. The number of amides is 1. The number of esters is 1. The summed E-state index contributed by atoms with van der Waals surface area (Å²) in [5, 5.41) is 12.3. The molecule has 0 saturated carbocycles. The molecule has 0 saturated heterocycles. The maximum Gasteiger partial charge on any atom is 0.338 e. The number of H-pyrrole nitrogens is 1. The van der Waals surface area contributed by atoms with Crippen LogP contribution in [0.1, 0.15) is 15.9 Å². The number of fused-ring (bicyclic) bond motifs is 1. The number of carbonyl (C=O) groups is 2. The zero-order chi connectivity index (χ0) is 15.4. The summed E-state index contributed by atoms with van der Waals surface area (Å²) in [4.78, 5) is 26.5. The van der Waals surface area contributed by atoms with E-state index in [0.29, 0.717) is 10.9 Å². The van der Waals surface area contributed by atoms with Crippen molar-refractivity contribution in [2.75, 3.05) is 14.2 Å². The van der Waals surface area contributed by atoms with Gasteiger partial charge in [-0.3, -0.25) is 4.79 Å². The van der Waals surface area contributed by atoms with E-state index in [0.717, 1.165) is 11.1 Å². The Morgan fingerprint density at radius 1 is 1.48 bits per heavy atom. The number of aromatic nitrogens is 1. The van der Waals surface area contributed by atoms with Crippen molar-refractivity contribution < 1.29 is 14.3 Å². The number of aromatic amines is 1. The van der Waals surface area contributed by atoms with Gasteiger partial charge < -0.3 is 15.0 Å². The van der Waals surface area contributed by atoms with Crippen LogP contribution in [0.25, 0.3) is 10.9 Å². The fourth-order valence-corrected chi connectivity index (χ4v) is 2.29. The van der Waals surface area contributed by atoms with Crippen molar-refractivity contribution in [2.24, 2.45) is 5.92 Å². The monoisotopic (exact) mass is 285 g/mol. The maximum absolute atomic E-state index is 11.8. The topological polar surface area (TPSA) is 95.0 Å². The predicted octanol–water partition coefficient (Wildman–Crippen LogP) is 1.38. The third kappa shape index (κ3) is 2.72. The zero-order valence-corrected chi connectivity index (χ0v) is 11.8. The Balaban J connectivity index is 2.48. The molecule has 6 heteroatoms. The van der Waals surface area contributed by atoms with Crippen molar-refractivity contribution in [1.29, 1.82) is 5.26 Å². The van der Waals surface area contributed by atoms with E-state index in [-0.39, 0.29) is 12.3 Å². The van der Waals surface area contributed by atoms with E-state index in [9.17, 15) is 9.59 Å². The molecule has 0 radical (unpaired) electrons. The predicted molar refractivity (Wildman–Crippen MR) is 76.5 cm³/mol. The minimum atomic E-state index is -0.806. The second kappa shape index (κ2) is 6.09. The molecule has 2 N–H and O–H groups in total. The third-order valence-electron chi connectivity index (χ3n) is 3.34. The number of carbonyl (C=O) groups excluding carboxylic acids is 2. The molecule has 1 heterocycles. The van der Waals surface area contributed by atoms with Crippen LogP contribution in [0.5, 0.6) is 0 Å². The Hall–Kier alpha value is -2.81. The van der Waals surface area contributed by atoms with Crippen molar-refractivity contribution in [3.8, 4) is 6.07 Å². The van der Waals surface area contributed by atoms with Crippen LogP contribution in [0, 0.1) is 17.2 Å². The summed E-state index contributed by atoms with van der Waals surface area (Å²) in [6.07, 6.45) is 1.94. The van der Waals surface area contributed by atoms with Gasteiger partial charge in [0.15, 0.2) is 0 Å². The molecule has 6 nitrogen and oxygen atoms in total. The molecule has 2 rings (SSSR count). The highest BCUT2D eigenvalue weighted by atomic mass is 16.5. The Labute approximate surface area is 121 Å². The van der Waals surface area contributed by atoms with Crippen LogP contribution in [-0.2, 0) is 16.0 Å². The highest BCUT2D eigenvalue weighted by molar-refractivity contribution is 6.05. The average molecular weight is 285 g/mol. The number of nitriles is 1. The highest BCUT2D eigenvalue weighted by Gasteiger charge is 2.21. The van der Waals surface area contributed by atoms with Gasteiger partial charge in [-0.25, -0.2) is 4.79 Å². The van der Waals surface area contributed by atoms with E-state index < -0.39 is 11.9 Å². The van der Waals surface area contributed by atoms with E-state index in [1.54, 1.807) is 18.3 Å². The number of ether oxygens (including phenoxy) is 1. The Bertz CT molecular complexity index is 727. The van der Waals surface area contributed by atoms with Crippen molar-refractivity contribution in [2.45, 2.75) is 6.42 Å². The number of hydrogen-bond acceptors (Lipinski definition) is 4. The molecule has 2 aromatic rings. The van der Waals surface area contributed by atoms with E-state index in [2.05, 4.69) is 10.3 Å². The number of benzene rings is 1. The summed E-state index contributed by atoms with van der Waals surface area (Å²) < 4.78 is 4.77. The molecule has 1 atom stereocenters. The molecule has 1 unspecified atom stereocenters. The summed E-state index contributed by atoms with van der Waals surface area (Å²) in [6.45, 7) is 0. The van der Waals surface area contributed by atoms with Crippen LogP contribution in [0.15, 0.2) is 24.4 Å². The van der Waals surface area contributed by atoms with Crippen LogP contribution in [0.3, 0.4) is 0 Å². The summed E-state index contributed by atoms with van der Waals surface area (Å²) in [7, 11) is 2.80. The first-order chi connectivity index (χ1) is 10.1. The lowest BCUT2D eigenvalue weighted by Gasteiger charge is -2.08. The van der Waals surface area contributed by atoms with Crippen molar-refractivity contribution in [1.82, 2.24) is 10.3 Å². The molecule has 0 bridgehead atoms. The molecular formula is C15H15N3O3. The highest BCUT2D eigenvalue weighted by Crippen LogP contribution is 2.25. The lowest BCUT2D eigenvalue weighted by Crippen LogP contribution is -2.27. The molecule has 1 amide bonds. The van der Waals surface area contributed by atoms with Gasteiger partial charge in [-0.1, -0.05) is 6.07 Å². The maximum atomic E-state index is 11.8. The van der Waals surface area contributed by atoms with Crippen LogP contribution >= 0.6 is 0 Å². The van der Waals surface area contributed by atoms with Gasteiger partial charge in [0.2, 0.25) is 5.91 Å². The van der Waals surface area contributed by atoms with Crippen molar-refractivity contribution in [3.05, 3.63) is 35.5 Å². The second-order valence-electron chi connectivity index (χ2n) is 4.53. The van der Waals surface area contributed by atoms with E-state index in [4.69, 9.17) is 10.00 Å². The molecular weight excluding hydrogens is 270 g/mol. The van der Waals surface area contributed by atoms with E-state index in [1.807, 2.05) is 12.1 Å². The van der Waals surface area contributed by atoms with E-state index in [1.165, 1.54) is 14.2 Å². The number of methoxy groups -OCH3 is 1. The quantitative estimate of drug-likeness (QED) is 0.830. The minimum Gasteiger partial charge on any atom is -0.465 e. The number of hydrogen-bond donors (Lipinski definition) is 2. The molecule has 0 fully saturated rings. The fraction of sp³-hybridized carbons (Fsp3) is 0.267. The van der Waals surface area contributed by atoms with Gasteiger partial charge in [0, 0.05) is 24.1 Å². The smallest absolute Gasteiger partial charge is 0.338 e. The molecule has 1 aromatic carbocycles. The van der Waals surface area contributed by atoms with Gasteiger partial charge in [0.25, 0.3) is 0 Å². The van der Waals surface area contributed by atoms with Gasteiger partial charge in [-0.15, -0.1) is 0 Å². The first-order valence-corrected chi connectivity index (χ1v) is 6.40. The van der Waals surface area contributed by atoms with Crippen LogP contribution in [0.2, 0.25) is 0 Å². The number of nitrogens with one attached hydrogen (secondary N) is 2. The largest absolute Gasteiger partial charge is 0.465 e. The third-order valence-corrected chi connectivity index (χ3v) is 3.34. The Kier molecular flexibility index (Phi) is 4.24. The molecule has 0 aliphatic heterocycles. The first-order valence-electron chi connectivity index (χ1n) is 6.40. The minimum absolute atomic E-state index is 0.226. The van der Waals surface area contributed by atoms with Gasteiger partial charge in [0.1, 0.15) is 5.92 Å². The molecule has 1 aromatic heterocycles. The zero-order valence-electron chi connectivity index (χ0n) is 11.8. The van der Waals surface area contributed by atoms with Crippen LogP contribution in [-0.4, -0.2) is 31.0 Å². The van der Waals surface area contributed by atoms with Gasteiger partial charge in [0.05, 0.1) is 18.7 Å². The molecule has 21 heavy (non-hydrogen) atoms. The van der Waals surface area contributed by atoms with Crippen molar-refractivity contribution >= 4 is 22.8 Å². The normalized spacial score (nSPS) is 11.7. The SMILES string of the molecule is CNC(=O)C(C#N)Cc1c[nH]c2cccc(C(=O)OC)c12. The van der Waals surface area contributed by atoms with Crippen LogP contribution in [0.4, 0.5) is 0 Å². The van der Waals surface area contributed by atoms with Gasteiger partial charge in [-0.05, 0) is 24.1 Å². The van der Waals surface area contributed by atoms with Gasteiger partial charge >= 0.3 is 5.97 Å². The Morgan fingerprint density at radius 3 is 2.86 bits per heavy atom. The van der Waals surface area contributed by atoms with Crippen molar-refractivity contribution in [3.63, 3.8) is 0 Å². The molecule has 0 aliphatic carbocycles. The number of rotatable bonds is 4. The summed E-state index contributed by atoms with van der Waals surface area (Å²) in [5.41, 5.74) is 1.92. The Morgan fingerprint density at radius 2 is 2.24 bits per heavy atom. The molecule has 108 valence electrons.